The van der Waals surface area contributed by atoms with Gasteiger partial charge in [0.1, 0.15) is 10.7 Å². The lowest BCUT2D eigenvalue weighted by molar-refractivity contribution is -0.116. The van der Waals surface area contributed by atoms with E-state index in [0.717, 1.165) is 37.0 Å². The van der Waals surface area contributed by atoms with Crippen LogP contribution >= 0.6 is 24.2 Å². The Morgan fingerprint density at radius 3 is 2.76 bits per heavy atom. The number of halogens is 2. The molecule has 1 heterocycles. The third-order valence-corrected chi connectivity index (χ3v) is 6.50. The summed E-state index contributed by atoms with van der Waals surface area (Å²) in [5.74, 6) is 0.846. The molecule has 2 fully saturated rings. The lowest BCUT2D eigenvalue weighted by Crippen LogP contribution is -2.39. The highest BCUT2D eigenvalue weighted by atomic mass is 35.5. The summed E-state index contributed by atoms with van der Waals surface area (Å²) >= 11 is 1.79. The van der Waals surface area contributed by atoms with Crippen LogP contribution in [0.25, 0.3) is 0 Å². The quantitative estimate of drug-likeness (QED) is 0.666. The average molecular weight is 410 g/mol. The van der Waals surface area contributed by atoms with Crippen LogP contribution in [0.4, 0.5) is 10.1 Å². The second-order valence-electron chi connectivity index (χ2n) is 6.02. The van der Waals surface area contributed by atoms with E-state index < -0.39 is 20.7 Å². The number of hydrogen-bond acceptors (Lipinski definition) is 5. The molecule has 140 valence electrons. The number of carbonyl (C=O) groups excluding carboxylic acids is 1. The molecule has 25 heavy (non-hydrogen) atoms. The SMILES string of the molecule is Cl.O=C(CC1CSCCN1)Nc1ccc(F)c(S(=O)(=O)NC2CC2)c1. The van der Waals surface area contributed by atoms with Gasteiger partial charge in [0.25, 0.3) is 0 Å². The van der Waals surface area contributed by atoms with Crippen molar-refractivity contribution in [1.29, 1.82) is 0 Å². The molecule has 3 N–H and O–H groups in total. The van der Waals surface area contributed by atoms with Crippen molar-refractivity contribution >= 4 is 45.8 Å². The van der Waals surface area contributed by atoms with E-state index in [1.54, 1.807) is 11.8 Å². The zero-order chi connectivity index (χ0) is 17.2. The predicted molar refractivity (Wildman–Crippen MR) is 99.4 cm³/mol. The van der Waals surface area contributed by atoms with Crippen LogP contribution in [0.3, 0.4) is 0 Å². The number of carbonyl (C=O) groups is 1. The number of thioether (sulfide) groups is 1. The van der Waals surface area contributed by atoms with Gasteiger partial charge in [0.15, 0.2) is 0 Å². The summed E-state index contributed by atoms with van der Waals surface area (Å²) in [6, 6.07) is 3.59. The van der Waals surface area contributed by atoms with Crippen LogP contribution in [0.15, 0.2) is 23.1 Å². The number of anilines is 1. The summed E-state index contributed by atoms with van der Waals surface area (Å²) in [4.78, 5) is 11.7. The summed E-state index contributed by atoms with van der Waals surface area (Å²) in [6.07, 6.45) is 1.83. The molecule has 1 saturated heterocycles. The second kappa shape index (κ2) is 8.68. The van der Waals surface area contributed by atoms with Crippen molar-refractivity contribution in [3.05, 3.63) is 24.0 Å². The van der Waals surface area contributed by atoms with E-state index in [0.29, 0.717) is 6.42 Å². The smallest absolute Gasteiger partial charge is 0.243 e. The molecule has 3 rings (SSSR count). The van der Waals surface area contributed by atoms with Crippen molar-refractivity contribution < 1.29 is 17.6 Å². The second-order valence-corrected chi connectivity index (χ2v) is 8.85. The van der Waals surface area contributed by atoms with Crippen LogP contribution in [0.2, 0.25) is 0 Å². The summed E-state index contributed by atoms with van der Waals surface area (Å²) < 4.78 is 40.7. The van der Waals surface area contributed by atoms with E-state index in [4.69, 9.17) is 0 Å². The third-order valence-electron chi connectivity index (χ3n) is 3.83. The molecule has 0 spiro atoms. The number of benzene rings is 1. The highest BCUT2D eigenvalue weighted by Crippen LogP contribution is 2.25. The number of amides is 1. The first kappa shape index (κ1) is 20.4. The van der Waals surface area contributed by atoms with Gasteiger partial charge >= 0.3 is 0 Å². The molecule has 2 aliphatic rings. The molecule has 1 saturated carbocycles. The number of hydrogen-bond donors (Lipinski definition) is 3. The van der Waals surface area contributed by atoms with E-state index in [1.807, 2.05) is 0 Å². The number of nitrogens with one attached hydrogen (secondary N) is 3. The van der Waals surface area contributed by atoms with Gasteiger partial charge < -0.3 is 10.6 Å². The molecule has 1 aliphatic carbocycles. The Morgan fingerprint density at radius 2 is 2.12 bits per heavy atom. The van der Waals surface area contributed by atoms with Gasteiger partial charge in [-0.05, 0) is 31.0 Å². The van der Waals surface area contributed by atoms with Gasteiger partial charge in [-0.2, -0.15) is 11.8 Å². The minimum absolute atomic E-state index is 0. The molecule has 1 aliphatic heterocycles. The van der Waals surface area contributed by atoms with E-state index >= 15 is 0 Å². The van der Waals surface area contributed by atoms with Crippen molar-refractivity contribution in [2.75, 3.05) is 23.4 Å². The normalized spacial score (nSPS) is 20.6. The molecular weight excluding hydrogens is 389 g/mol. The lowest BCUT2D eigenvalue weighted by Gasteiger charge is -2.22. The molecule has 10 heteroatoms. The molecule has 0 radical (unpaired) electrons. The molecule has 1 atom stereocenters. The van der Waals surface area contributed by atoms with Crippen LogP contribution in [-0.4, -0.2) is 44.5 Å². The van der Waals surface area contributed by atoms with E-state index in [1.165, 1.54) is 12.1 Å². The van der Waals surface area contributed by atoms with Crippen molar-refractivity contribution in [2.45, 2.75) is 36.2 Å². The Morgan fingerprint density at radius 1 is 1.36 bits per heavy atom. The molecular formula is C15H21ClFN3O3S2. The maximum Gasteiger partial charge on any atom is 0.243 e. The van der Waals surface area contributed by atoms with Crippen LogP contribution in [0.1, 0.15) is 19.3 Å². The summed E-state index contributed by atoms with van der Waals surface area (Å²) in [5.41, 5.74) is 0.279. The van der Waals surface area contributed by atoms with Crippen LogP contribution in [0.5, 0.6) is 0 Å². The van der Waals surface area contributed by atoms with Crippen LogP contribution in [0, 0.1) is 5.82 Å². The largest absolute Gasteiger partial charge is 0.326 e. The first-order valence-electron chi connectivity index (χ1n) is 7.87. The monoisotopic (exact) mass is 409 g/mol. The zero-order valence-electron chi connectivity index (χ0n) is 13.5. The molecule has 1 amide bonds. The van der Waals surface area contributed by atoms with Gasteiger partial charge in [-0.25, -0.2) is 17.5 Å². The topological polar surface area (TPSA) is 87.3 Å². The Balaban J connectivity index is 0.00000225. The molecule has 0 aromatic heterocycles. The molecule has 0 bridgehead atoms. The van der Waals surface area contributed by atoms with E-state index in [-0.39, 0.29) is 36.1 Å². The fraction of sp³-hybridized carbons (Fsp3) is 0.533. The summed E-state index contributed by atoms with van der Waals surface area (Å²) in [6.45, 7) is 0.869. The molecule has 6 nitrogen and oxygen atoms in total. The minimum Gasteiger partial charge on any atom is -0.326 e. The maximum atomic E-state index is 13.9. The summed E-state index contributed by atoms with van der Waals surface area (Å²) in [5, 5.41) is 5.91. The Labute approximate surface area is 157 Å². The minimum atomic E-state index is -3.91. The maximum absolute atomic E-state index is 13.9. The Bertz CT molecular complexity index is 723. The van der Waals surface area contributed by atoms with Gasteiger partial charge in [0.05, 0.1) is 0 Å². The standard InChI is InChI=1S/C15H20FN3O3S2.ClH/c16-13-4-3-11(7-14(13)24(21,22)19-10-1-2-10)18-15(20)8-12-9-23-6-5-17-12;/h3-4,7,10,12,17,19H,1-2,5-6,8-9H2,(H,18,20);1H. The molecule has 1 unspecified atom stereocenters. The van der Waals surface area contributed by atoms with Crippen molar-refractivity contribution in [2.24, 2.45) is 0 Å². The summed E-state index contributed by atoms with van der Waals surface area (Å²) in [7, 11) is -3.91. The molecule has 1 aromatic rings. The lowest BCUT2D eigenvalue weighted by atomic mass is 10.2. The van der Waals surface area contributed by atoms with E-state index in [9.17, 15) is 17.6 Å². The average Bonchev–Trinajstić information content (AvgIpc) is 3.33. The highest BCUT2D eigenvalue weighted by Gasteiger charge is 2.30. The van der Waals surface area contributed by atoms with Crippen molar-refractivity contribution in [3.8, 4) is 0 Å². The third kappa shape index (κ3) is 5.82. The number of sulfonamides is 1. The van der Waals surface area contributed by atoms with Gasteiger partial charge in [-0.1, -0.05) is 0 Å². The van der Waals surface area contributed by atoms with Gasteiger partial charge in [0.2, 0.25) is 15.9 Å². The van der Waals surface area contributed by atoms with E-state index in [2.05, 4.69) is 15.4 Å². The first-order chi connectivity index (χ1) is 11.4. The Hall–Kier alpha value is -0.870. The number of rotatable bonds is 6. The van der Waals surface area contributed by atoms with Crippen molar-refractivity contribution in [1.82, 2.24) is 10.0 Å². The van der Waals surface area contributed by atoms with Crippen LogP contribution in [-0.2, 0) is 14.8 Å². The van der Waals surface area contributed by atoms with Crippen molar-refractivity contribution in [3.63, 3.8) is 0 Å². The van der Waals surface area contributed by atoms with Gasteiger partial charge in [0, 0.05) is 42.2 Å². The Kier molecular flexibility index (Phi) is 7.10. The molecule has 1 aromatic carbocycles. The van der Waals surface area contributed by atoms with Crippen LogP contribution < -0.4 is 15.4 Å². The van der Waals surface area contributed by atoms with Gasteiger partial charge in [-0.3, -0.25) is 4.79 Å². The highest BCUT2D eigenvalue weighted by molar-refractivity contribution is 7.99. The predicted octanol–water partition coefficient (Wildman–Crippen LogP) is 1.72. The fourth-order valence-electron chi connectivity index (χ4n) is 2.46. The fourth-order valence-corrected chi connectivity index (χ4v) is 4.82. The first-order valence-corrected chi connectivity index (χ1v) is 10.5. The zero-order valence-corrected chi connectivity index (χ0v) is 15.9. The van der Waals surface area contributed by atoms with Gasteiger partial charge in [-0.15, -0.1) is 12.4 Å².